The minimum absolute atomic E-state index is 0.188. The Bertz CT molecular complexity index is 1080. The molecule has 0 saturated carbocycles. The third-order valence-corrected chi connectivity index (χ3v) is 6.36. The van der Waals surface area contributed by atoms with Gasteiger partial charge in [0, 0.05) is 42.2 Å². The zero-order valence-electron chi connectivity index (χ0n) is 18.1. The van der Waals surface area contributed by atoms with E-state index in [0.29, 0.717) is 19.4 Å². The number of rotatable bonds is 5. The van der Waals surface area contributed by atoms with Crippen molar-refractivity contribution in [1.82, 2.24) is 14.9 Å². The largest absolute Gasteiger partial charge is 0.342 e. The molecular weight excluding hydrogens is 406 g/mol. The molecule has 0 radical (unpaired) electrons. The number of nitrogens with zero attached hydrogens (tertiary/aromatic N) is 3. The molecule has 2 heterocycles. The predicted molar refractivity (Wildman–Crippen MR) is 125 cm³/mol. The molecule has 1 unspecified atom stereocenters. The fraction of sp³-hybridized carbons (Fsp3) is 0.346. The summed E-state index contributed by atoms with van der Waals surface area (Å²) in [6.07, 6.45) is 5.10. The Morgan fingerprint density at radius 2 is 2.00 bits per heavy atom. The summed E-state index contributed by atoms with van der Waals surface area (Å²) >= 11 is 6.26. The maximum atomic E-state index is 13.0. The van der Waals surface area contributed by atoms with Crippen LogP contribution < -0.4 is 0 Å². The molecule has 4 nitrogen and oxygen atoms in total. The second kappa shape index (κ2) is 9.61. The molecular formula is C26H28ClN3O. The quantitative estimate of drug-likeness (QED) is 0.514. The first-order valence-electron chi connectivity index (χ1n) is 10.9. The van der Waals surface area contributed by atoms with Gasteiger partial charge in [-0.2, -0.15) is 0 Å². The highest BCUT2D eigenvalue weighted by Gasteiger charge is 2.28. The number of aryl methyl sites for hydroxylation is 3. The highest BCUT2D eigenvalue weighted by atomic mass is 35.5. The second-order valence-electron chi connectivity index (χ2n) is 8.36. The van der Waals surface area contributed by atoms with Crippen LogP contribution in [0.4, 0.5) is 0 Å². The molecule has 160 valence electrons. The molecule has 0 bridgehead atoms. The van der Waals surface area contributed by atoms with Gasteiger partial charge < -0.3 is 4.90 Å². The smallest absolute Gasteiger partial charge is 0.222 e. The van der Waals surface area contributed by atoms with Gasteiger partial charge in [-0.05, 0) is 50.3 Å². The van der Waals surface area contributed by atoms with Crippen LogP contribution in [-0.2, 0) is 11.2 Å². The lowest BCUT2D eigenvalue weighted by molar-refractivity contribution is -0.132. The zero-order valence-corrected chi connectivity index (χ0v) is 18.9. The maximum absolute atomic E-state index is 13.0. The molecule has 1 aliphatic heterocycles. The van der Waals surface area contributed by atoms with Crippen molar-refractivity contribution in [2.75, 3.05) is 13.1 Å². The maximum Gasteiger partial charge on any atom is 0.222 e. The molecule has 0 spiro atoms. The van der Waals surface area contributed by atoms with Crippen molar-refractivity contribution in [2.45, 2.75) is 45.4 Å². The molecule has 1 aliphatic rings. The van der Waals surface area contributed by atoms with Crippen LogP contribution in [0, 0.1) is 13.8 Å². The van der Waals surface area contributed by atoms with E-state index in [4.69, 9.17) is 16.6 Å². The first-order chi connectivity index (χ1) is 15.0. The van der Waals surface area contributed by atoms with Gasteiger partial charge in [0.25, 0.3) is 0 Å². The van der Waals surface area contributed by atoms with Gasteiger partial charge in [0.15, 0.2) is 0 Å². The zero-order chi connectivity index (χ0) is 21.8. The lowest BCUT2D eigenvalue weighted by Gasteiger charge is -2.33. The first kappa shape index (κ1) is 21.5. The van der Waals surface area contributed by atoms with Gasteiger partial charge in [0.05, 0.1) is 5.69 Å². The number of hydrogen-bond donors (Lipinski definition) is 0. The summed E-state index contributed by atoms with van der Waals surface area (Å²) in [5, 5.41) is 0.728. The minimum Gasteiger partial charge on any atom is -0.342 e. The van der Waals surface area contributed by atoms with Crippen molar-refractivity contribution in [3.8, 4) is 11.1 Å². The SMILES string of the molecule is Cc1cccc(-c2cnc(C)nc2C2CCCN(C(=O)CCc3ccccc3Cl)C2)c1. The molecule has 1 saturated heterocycles. The first-order valence-corrected chi connectivity index (χ1v) is 11.3. The number of piperidine rings is 1. The van der Waals surface area contributed by atoms with Crippen LogP contribution in [0.15, 0.2) is 54.7 Å². The van der Waals surface area contributed by atoms with Crippen LogP contribution in [0.2, 0.25) is 5.02 Å². The van der Waals surface area contributed by atoms with Crippen LogP contribution >= 0.6 is 11.6 Å². The number of likely N-dealkylation sites (tertiary alicyclic amines) is 1. The summed E-state index contributed by atoms with van der Waals surface area (Å²) in [4.78, 5) is 24.3. The van der Waals surface area contributed by atoms with E-state index in [-0.39, 0.29) is 11.8 Å². The van der Waals surface area contributed by atoms with Crippen molar-refractivity contribution < 1.29 is 4.79 Å². The van der Waals surface area contributed by atoms with Gasteiger partial charge in [0.1, 0.15) is 5.82 Å². The minimum atomic E-state index is 0.188. The van der Waals surface area contributed by atoms with Crippen LogP contribution in [0.5, 0.6) is 0 Å². The number of hydrogen-bond acceptors (Lipinski definition) is 3. The summed E-state index contributed by atoms with van der Waals surface area (Å²) in [7, 11) is 0. The summed E-state index contributed by atoms with van der Waals surface area (Å²) < 4.78 is 0. The standard InChI is InChI=1S/C26H28ClN3O/c1-18-7-5-9-21(15-18)23-16-28-19(2)29-26(23)22-10-6-14-30(17-22)25(31)13-12-20-8-3-4-11-24(20)27/h3-5,7-9,11,15-16,22H,6,10,12-14,17H2,1-2H3. The molecule has 3 aromatic rings. The Balaban J connectivity index is 1.51. The monoisotopic (exact) mass is 433 g/mol. The van der Waals surface area contributed by atoms with Crippen molar-refractivity contribution in [1.29, 1.82) is 0 Å². The molecule has 0 aliphatic carbocycles. The van der Waals surface area contributed by atoms with Gasteiger partial charge in [-0.3, -0.25) is 4.79 Å². The van der Waals surface area contributed by atoms with Crippen LogP contribution in [0.1, 0.15) is 47.8 Å². The second-order valence-corrected chi connectivity index (χ2v) is 8.76. The van der Waals surface area contributed by atoms with E-state index >= 15 is 0 Å². The average Bonchev–Trinajstić information content (AvgIpc) is 2.78. The normalized spacial score (nSPS) is 16.4. The van der Waals surface area contributed by atoms with Crippen LogP contribution in [0.25, 0.3) is 11.1 Å². The van der Waals surface area contributed by atoms with Crippen LogP contribution in [0.3, 0.4) is 0 Å². The Morgan fingerprint density at radius 3 is 2.81 bits per heavy atom. The predicted octanol–water partition coefficient (Wildman–Crippen LogP) is 5.75. The van der Waals surface area contributed by atoms with Gasteiger partial charge in [0.2, 0.25) is 5.91 Å². The molecule has 1 atom stereocenters. The third kappa shape index (κ3) is 5.13. The van der Waals surface area contributed by atoms with Crippen LogP contribution in [-0.4, -0.2) is 33.9 Å². The molecule has 4 rings (SSSR count). The molecule has 2 aromatic carbocycles. The Labute approximate surface area is 189 Å². The van der Waals surface area contributed by atoms with E-state index in [1.165, 1.54) is 5.56 Å². The lowest BCUT2D eigenvalue weighted by atomic mass is 9.89. The fourth-order valence-electron chi connectivity index (χ4n) is 4.36. The van der Waals surface area contributed by atoms with Gasteiger partial charge in [-0.15, -0.1) is 0 Å². The topological polar surface area (TPSA) is 46.1 Å². The molecule has 5 heteroatoms. The number of halogens is 1. The van der Waals surface area contributed by atoms with Gasteiger partial charge >= 0.3 is 0 Å². The van der Waals surface area contributed by atoms with E-state index < -0.39 is 0 Å². The van der Waals surface area contributed by atoms with Crippen molar-refractivity contribution in [2.24, 2.45) is 0 Å². The summed E-state index contributed by atoms with van der Waals surface area (Å²) in [5.41, 5.74) is 5.51. The number of benzene rings is 2. The number of amides is 1. The van der Waals surface area contributed by atoms with E-state index in [1.807, 2.05) is 42.3 Å². The highest BCUT2D eigenvalue weighted by molar-refractivity contribution is 6.31. The van der Waals surface area contributed by atoms with Gasteiger partial charge in [-0.1, -0.05) is 59.6 Å². The average molecular weight is 434 g/mol. The van der Waals surface area contributed by atoms with E-state index in [9.17, 15) is 4.79 Å². The molecule has 1 amide bonds. The fourth-order valence-corrected chi connectivity index (χ4v) is 4.59. The van der Waals surface area contributed by atoms with E-state index in [2.05, 4.69) is 36.2 Å². The molecule has 1 fully saturated rings. The Morgan fingerprint density at radius 1 is 1.16 bits per heavy atom. The molecule has 1 aromatic heterocycles. The van der Waals surface area contributed by atoms with Crippen molar-refractivity contribution >= 4 is 17.5 Å². The third-order valence-electron chi connectivity index (χ3n) is 5.99. The Kier molecular flexibility index (Phi) is 6.67. The lowest BCUT2D eigenvalue weighted by Crippen LogP contribution is -2.39. The number of carbonyl (C=O) groups is 1. The Hall–Kier alpha value is -2.72. The number of aromatic nitrogens is 2. The van der Waals surface area contributed by atoms with Crippen molar-refractivity contribution in [3.05, 3.63) is 82.4 Å². The highest BCUT2D eigenvalue weighted by Crippen LogP contribution is 2.33. The molecule has 0 N–H and O–H groups in total. The summed E-state index contributed by atoms with van der Waals surface area (Å²) in [5.74, 6) is 1.18. The van der Waals surface area contributed by atoms with E-state index in [1.54, 1.807) is 0 Å². The van der Waals surface area contributed by atoms with Crippen molar-refractivity contribution in [3.63, 3.8) is 0 Å². The summed E-state index contributed by atoms with van der Waals surface area (Å²) in [6, 6.07) is 16.2. The number of carbonyl (C=O) groups excluding carboxylic acids is 1. The molecule has 31 heavy (non-hydrogen) atoms. The van der Waals surface area contributed by atoms with E-state index in [0.717, 1.165) is 52.6 Å². The van der Waals surface area contributed by atoms with Gasteiger partial charge in [-0.25, -0.2) is 9.97 Å². The summed E-state index contributed by atoms with van der Waals surface area (Å²) in [6.45, 7) is 5.54.